The molecular weight excluding hydrogens is 192 g/mol. The highest BCUT2D eigenvalue weighted by Crippen LogP contribution is 2.22. The van der Waals surface area contributed by atoms with E-state index in [0.717, 1.165) is 52.0 Å². The third-order valence-corrected chi connectivity index (χ3v) is 3.53. The van der Waals surface area contributed by atoms with Crippen LogP contribution < -0.4 is 5.73 Å². The normalized spacial score (nSPS) is 29.5. The average molecular weight is 212 g/mol. The second-order valence-electron chi connectivity index (χ2n) is 4.61. The largest absolute Gasteiger partial charge is 0.381 e. The smallest absolute Gasteiger partial charge is 0.234 e. The zero-order valence-corrected chi connectivity index (χ0v) is 9.15. The monoisotopic (exact) mass is 212 g/mol. The van der Waals surface area contributed by atoms with Crippen LogP contribution in [-0.2, 0) is 9.53 Å². The number of likely N-dealkylation sites (tertiary alicyclic amines) is 1. The van der Waals surface area contributed by atoms with E-state index in [1.165, 1.54) is 0 Å². The SMILES string of the molecule is NC(=O)[C@H]1CCCN1CC1CCOCC1. The average Bonchev–Trinajstić information content (AvgIpc) is 2.67. The Hall–Kier alpha value is -0.610. The lowest BCUT2D eigenvalue weighted by atomic mass is 9.99. The molecule has 2 aliphatic heterocycles. The molecule has 0 bridgehead atoms. The number of carbonyl (C=O) groups is 1. The van der Waals surface area contributed by atoms with E-state index in [9.17, 15) is 4.79 Å². The predicted molar refractivity (Wildman–Crippen MR) is 57.3 cm³/mol. The van der Waals surface area contributed by atoms with Gasteiger partial charge in [-0.3, -0.25) is 9.69 Å². The van der Waals surface area contributed by atoms with Gasteiger partial charge in [-0.05, 0) is 38.1 Å². The number of ether oxygens (including phenoxy) is 1. The molecule has 4 heteroatoms. The fraction of sp³-hybridized carbons (Fsp3) is 0.909. The first-order chi connectivity index (χ1) is 7.27. The van der Waals surface area contributed by atoms with E-state index in [-0.39, 0.29) is 11.9 Å². The highest BCUT2D eigenvalue weighted by atomic mass is 16.5. The Morgan fingerprint density at radius 3 is 2.73 bits per heavy atom. The van der Waals surface area contributed by atoms with Crippen molar-refractivity contribution < 1.29 is 9.53 Å². The summed E-state index contributed by atoms with van der Waals surface area (Å²) in [6, 6.07) is -0.00663. The van der Waals surface area contributed by atoms with Gasteiger partial charge in [0, 0.05) is 19.8 Å². The highest BCUT2D eigenvalue weighted by molar-refractivity contribution is 5.80. The van der Waals surface area contributed by atoms with Crippen LogP contribution in [0.2, 0.25) is 0 Å². The molecule has 2 rings (SSSR count). The summed E-state index contributed by atoms with van der Waals surface area (Å²) in [6.07, 6.45) is 4.30. The lowest BCUT2D eigenvalue weighted by Gasteiger charge is -2.29. The Kier molecular flexibility index (Phi) is 3.59. The second kappa shape index (κ2) is 4.94. The molecule has 0 aromatic heterocycles. The van der Waals surface area contributed by atoms with Gasteiger partial charge in [-0.1, -0.05) is 0 Å². The first kappa shape index (κ1) is 10.9. The molecule has 0 aromatic rings. The molecule has 0 spiro atoms. The predicted octanol–water partition coefficient (Wildman–Crippen LogP) is 0.363. The summed E-state index contributed by atoms with van der Waals surface area (Å²) in [5.41, 5.74) is 5.39. The van der Waals surface area contributed by atoms with Gasteiger partial charge in [0.1, 0.15) is 0 Å². The van der Waals surface area contributed by atoms with Gasteiger partial charge in [0.2, 0.25) is 5.91 Å². The zero-order valence-electron chi connectivity index (χ0n) is 9.15. The minimum absolute atomic E-state index is 0.00663. The van der Waals surface area contributed by atoms with Crippen LogP contribution >= 0.6 is 0 Å². The van der Waals surface area contributed by atoms with Gasteiger partial charge in [-0.2, -0.15) is 0 Å². The maximum atomic E-state index is 11.2. The van der Waals surface area contributed by atoms with Gasteiger partial charge in [-0.15, -0.1) is 0 Å². The van der Waals surface area contributed by atoms with Crippen molar-refractivity contribution in [2.75, 3.05) is 26.3 Å². The Morgan fingerprint density at radius 1 is 1.33 bits per heavy atom. The fourth-order valence-corrected chi connectivity index (χ4v) is 2.63. The van der Waals surface area contributed by atoms with E-state index in [1.807, 2.05) is 0 Å². The summed E-state index contributed by atoms with van der Waals surface area (Å²) in [5.74, 6) is 0.540. The van der Waals surface area contributed by atoms with Crippen LogP contribution in [0.5, 0.6) is 0 Å². The molecule has 86 valence electrons. The molecule has 0 aliphatic carbocycles. The van der Waals surface area contributed by atoms with Gasteiger partial charge >= 0.3 is 0 Å². The number of carbonyl (C=O) groups excluding carboxylic acids is 1. The van der Waals surface area contributed by atoms with E-state index in [2.05, 4.69) is 4.90 Å². The first-order valence-electron chi connectivity index (χ1n) is 5.88. The first-order valence-corrected chi connectivity index (χ1v) is 5.88. The summed E-state index contributed by atoms with van der Waals surface area (Å²) in [6.45, 7) is 3.81. The van der Waals surface area contributed by atoms with Crippen LogP contribution in [-0.4, -0.2) is 43.2 Å². The van der Waals surface area contributed by atoms with Crippen LogP contribution in [0.15, 0.2) is 0 Å². The van der Waals surface area contributed by atoms with Crippen LogP contribution in [0.3, 0.4) is 0 Å². The minimum atomic E-state index is -0.153. The topological polar surface area (TPSA) is 55.6 Å². The summed E-state index contributed by atoms with van der Waals surface area (Å²) in [4.78, 5) is 13.5. The van der Waals surface area contributed by atoms with Crippen molar-refractivity contribution in [3.05, 3.63) is 0 Å². The quantitative estimate of drug-likeness (QED) is 0.735. The van der Waals surface area contributed by atoms with Crippen molar-refractivity contribution >= 4 is 5.91 Å². The number of nitrogens with zero attached hydrogens (tertiary/aromatic N) is 1. The third kappa shape index (κ3) is 2.69. The standard InChI is InChI=1S/C11H20N2O2/c12-11(14)10-2-1-5-13(10)8-9-3-6-15-7-4-9/h9-10H,1-8H2,(H2,12,14)/t10-/m1/s1. The molecule has 0 unspecified atom stereocenters. The highest BCUT2D eigenvalue weighted by Gasteiger charge is 2.30. The van der Waals surface area contributed by atoms with Crippen LogP contribution in [0, 0.1) is 5.92 Å². The summed E-state index contributed by atoms with van der Waals surface area (Å²) >= 11 is 0. The van der Waals surface area contributed by atoms with Crippen molar-refractivity contribution in [3.63, 3.8) is 0 Å². The molecule has 2 heterocycles. The second-order valence-corrected chi connectivity index (χ2v) is 4.61. The van der Waals surface area contributed by atoms with E-state index in [1.54, 1.807) is 0 Å². The Labute approximate surface area is 90.8 Å². The maximum Gasteiger partial charge on any atom is 0.234 e. The fourth-order valence-electron chi connectivity index (χ4n) is 2.63. The number of hydrogen-bond donors (Lipinski definition) is 1. The van der Waals surface area contributed by atoms with E-state index >= 15 is 0 Å². The van der Waals surface area contributed by atoms with Gasteiger partial charge < -0.3 is 10.5 Å². The molecule has 2 N–H and O–H groups in total. The zero-order chi connectivity index (χ0) is 10.7. The van der Waals surface area contributed by atoms with Crippen molar-refractivity contribution in [3.8, 4) is 0 Å². The molecular formula is C11H20N2O2. The van der Waals surface area contributed by atoms with Crippen LogP contribution in [0.1, 0.15) is 25.7 Å². The van der Waals surface area contributed by atoms with Gasteiger partial charge in [0.05, 0.1) is 6.04 Å². The number of primary amides is 1. The van der Waals surface area contributed by atoms with E-state index in [4.69, 9.17) is 10.5 Å². The molecule has 1 amide bonds. The van der Waals surface area contributed by atoms with Gasteiger partial charge in [0.25, 0.3) is 0 Å². The lowest BCUT2D eigenvalue weighted by molar-refractivity contribution is -0.122. The molecule has 15 heavy (non-hydrogen) atoms. The Balaban J connectivity index is 1.84. The lowest BCUT2D eigenvalue weighted by Crippen LogP contribution is -2.43. The van der Waals surface area contributed by atoms with Crippen LogP contribution in [0.4, 0.5) is 0 Å². The van der Waals surface area contributed by atoms with Gasteiger partial charge in [0.15, 0.2) is 0 Å². The van der Waals surface area contributed by atoms with Crippen LogP contribution in [0.25, 0.3) is 0 Å². The molecule has 2 fully saturated rings. The molecule has 2 aliphatic rings. The molecule has 0 saturated carbocycles. The number of hydrogen-bond acceptors (Lipinski definition) is 3. The molecule has 4 nitrogen and oxygen atoms in total. The molecule has 0 aromatic carbocycles. The van der Waals surface area contributed by atoms with E-state index in [0.29, 0.717) is 5.92 Å². The molecule has 2 saturated heterocycles. The van der Waals surface area contributed by atoms with E-state index < -0.39 is 0 Å². The van der Waals surface area contributed by atoms with Crippen molar-refractivity contribution in [2.24, 2.45) is 11.7 Å². The van der Waals surface area contributed by atoms with Crippen molar-refractivity contribution in [2.45, 2.75) is 31.7 Å². The van der Waals surface area contributed by atoms with Crippen molar-refractivity contribution in [1.82, 2.24) is 4.90 Å². The third-order valence-electron chi connectivity index (χ3n) is 3.53. The summed E-state index contributed by atoms with van der Waals surface area (Å²) < 4.78 is 5.33. The minimum Gasteiger partial charge on any atom is -0.381 e. The summed E-state index contributed by atoms with van der Waals surface area (Å²) in [7, 11) is 0. The summed E-state index contributed by atoms with van der Waals surface area (Å²) in [5, 5.41) is 0. The van der Waals surface area contributed by atoms with Gasteiger partial charge in [-0.25, -0.2) is 0 Å². The Bertz CT molecular complexity index is 227. The molecule has 1 atom stereocenters. The number of rotatable bonds is 3. The number of nitrogens with two attached hydrogens (primary N) is 1. The Morgan fingerprint density at radius 2 is 2.07 bits per heavy atom. The molecule has 0 radical (unpaired) electrons. The number of amides is 1. The van der Waals surface area contributed by atoms with Crippen molar-refractivity contribution in [1.29, 1.82) is 0 Å². The maximum absolute atomic E-state index is 11.2.